The van der Waals surface area contributed by atoms with E-state index in [1.807, 2.05) is 6.92 Å². The van der Waals surface area contributed by atoms with Crippen LogP contribution in [0.2, 0.25) is 0 Å². The number of hydrogen-bond donors (Lipinski definition) is 1. The molecule has 2 aliphatic rings. The van der Waals surface area contributed by atoms with Crippen LogP contribution < -0.4 is 0 Å². The zero-order chi connectivity index (χ0) is 14.1. The SMILES string of the molecule is CN(C)C(=O)[C@@]1(C)CN(CC2(O)CCCC2)CCO1. The number of nitrogens with zero attached hydrogens (tertiary/aromatic N) is 2. The van der Waals surface area contributed by atoms with Crippen molar-refractivity contribution in [2.24, 2.45) is 0 Å². The molecule has 0 bridgehead atoms. The van der Waals surface area contributed by atoms with E-state index in [-0.39, 0.29) is 5.91 Å². The molecule has 5 nitrogen and oxygen atoms in total. The van der Waals surface area contributed by atoms with Gasteiger partial charge in [-0.2, -0.15) is 0 Å². The van der Waals surface area contributed by atoms with Gasteiger partial charge in [0, 0.05) is 33.7 Å². The molecule has 0 aromatic rings. The Balaban J connectivity index is 1.98. The molecule has 2 rings (SSSR count). The van der Waals surface area contributed by atoms with Crippen molar-refractivity contribution in [1.29, 1.82) is 0 Å². The van der Waals surface area contributed by atoms with E-state index >= 15 is 0 Å². The molecular formula is C14H26N2O3. The lowest BCUT2D eigenvalue weighted by atomic mass is 9.98. The molecule has 0 aromatic carbocycles. The van der Waals surface area contributed by atoms with E-state index in [1.165, 1.54) is 0 Å². The summed E-state index contributed by atoms with van der Waals surface area (Å²) < 4.78 is 5.70. The second kappa shape index (κ2) is 5.38. The van der Waals surface area contributed by atoms with Gasteiger partial charge in [-0.1, -0.05) is 12.8 Å². The zero-order valence-electron chi connectivity index (χ0n) is 12.3. The monoisotopic (exact) mass is 270 g/mol. The van der Waals surface area contributed by atoms with Gasteiger partial charge in [-0.15, -0.1) is 0 Å². The molecule has 19 heavy (non-hydrogen) atoms. The van der Waals surface area contributed by atoms with Crippen LogP contribution in [0.5, 0.6) is 0 Å². The molecule has 1 saturated carbocycles. The van der Waals surface area contributed by atoms with Crippen molar-refractivity contribution in [3.05, 3.63) is 0 Å². The van der Waals surface area contributed by atoms with Gasteiger partial charge in [-0.05, 0) is 19.8 Å². The maximum absolute atomic E-state index is 12.2. The van der Waals surface area contributed by atoms with Gasteiger partial charge in [0.1, 0.15) is 0 Å². The topological polar surface area (TPSA) is 53.0 Å². The second-order valence-electron chi connectivity index (χ2n) is 6.42. The average molecular weight is 270 g/mol. The maximum Gasteiger partial charge on any atom is 0.255 e. The summed E-state index contributed by atoms with van der Waals surface area (Å²) in [6.07, 6.45) is 3.97. The van der Waals surface area contributed by atoms with Gasteiger partial charge in [0.25, 0.3) is 5.91 Å². The van der Waals surface area contributed by atoms with Gasteiger partial charge < -0.3 is 14.7 Å². The Hall–Kier alpha value is -0.650. The molecule has 1 heterocycles. The van der Waals surface area contributed by atoms with Crippen LogP contribution in [0.25, 0.3) is 0 Å². The standard InChI is InChI=1S/C14H26N2O3/c1-13(12(17)15(2)3)10-16(8-9-19-13)11-14(18)6-4-5-7-14/h18H,4-11H2,1-3H3/t13-/m1/s1. The molecule has 110 valence electrons. The first-order valence-electron chi connectivity index (χ1n) is 7.15. The van der Waals surface area contributed by atoms with Crippen LogP contribution in [-0.2, 0) is 9.53 Å². The molecule has 0 spiro atoms. The fourth-order valence-electron chi connectivity index (χ4n) is 3.30. The third-order valence-electron chi connectivity index (χ3n) is 4.26. The van der Waals surface area contributed by atoms with Crippen LogP contribution in [0, 0.1) is 0 Å². The van der Waals surface area contributed by atoms with E-state index in [0.29, 0.717) is 19.7 Å². The second-order valence-corrected chi connectivity index (χ2v) is 6.42. The number of carbonyl (C=O) groups excluding carboxylic acids is 1. The number of likely N-dealkylation sites (N-methyl/N-ethyl adjacent to an activating group) is 1. The van der Waals surface area contributed by atoms with E-state index in [1.54, 1.807) is 19.0 Å². The maximum atomic E-state index is 12.2. The van der Waals surface area contributed by atoms with Crippen molar-refractivity contribution >= 4 is 5.91 Å². The zero-order valence-corrected chi connectivity index (χ0v) is 12.3. The van der Waals surface area contributed by atoms with Crippen molar-refractivity contribution in [2.45, 2.75) is 43.8 Å². The highest BCUT2D eigenvalue weighted by atomic mass is 16.5. The Bertz CT molecular complexity index is 340. The van der Waals surface area contributed by atoms with E-state index in [2.05, 4.69) is 4.90 Å². The highest BCUT2D eigenvalue weighted by Gasteiger charge is 2.42. The molecule has 1 saturated heterocycles. The minimum Gasteiger partial charge on any atom is -0.389 e. The van der Waals surface area contributed by atoms with Gasteiger partial charge in [-0.3, -0.25) is 9.69 Å². The van der Waals surface area contributed by atoms with Crippen molar-refractivity contribution in [2.75, 3.05) is 40.3 Å². The predicted octanol–water partition coefficient (Wildman–Crippen LogP) is 0.471. The molecule has 1 aliphatic carbocycles. The molecule has 1 N–H and O–H groups in total. The van der Waals surface area contributed by atoms with Crippen molar-refractivity contribution in [3.8, 4) is 0 Å². The summed E-state index contributed by atoms with van der Waals surface area (Å²) in [5, 5.41) is 10.5. The highest BCUT2D eigenvalue weighted by Crippen LogP contribution is 2.31. The normalized spacial score (nSPS) is 31.4. The molecule has 0 radical (unpaired) electrons. The lowest BCUT2D eigenvalue weighted by molar-refractivity contribution is -0.167. The number of amides is 1. The molecule has 5 heteroatoms. The third-order valence-corrected chi connectivity index (χ3v) is 4.26. The Kier molecular flexibility index (Phi) is 4.18. The first-order valence-corrected chi connectivity index (χ1v) is 7.15. The van der Waals surface area contributed by atoms with E-state index in [0.717, 1.165) is 32.2 Å². The lowest BCUT2D eigenvalue weighted by Gasteiger charge is -2.42. The summed E-state index contributed by atoms with van der Waals surface area (Å²) in [6, 6.07) is 0. The third kappa shape index (κ3) is 3.27. The van der Waals surface area contributed by atoms with Crippen LogP contribution in [-0.4, -0.2) is 72.4 Å². The number of aliphatic hydroxyl groups is 1. The number of hydrogen-bond acceptors (Lipinski definition) is 4. The quantitative estimate of drug-likeness (QED) is 0.810. The first kappa shape index (κ1) is 14.8. The Morgan fingerprint density at radius 2 is 2.00 bits per heavy atom. The first-order chi connectivity index (χ1) is 8.85. The Labute approximate surface area is 115 Å². The number of carbonyl (C=O) groups is 1. The van der Waals surface area contributed by atoms with Crippen molar-refractivity contribution in [3.63, 3.8) is 0 Å². The molecule has 1 aliphatic heterocycles. The van der Waals surface area contributed by atoms with Crippen molar-refractivity contribution in [1.82, 2.24) is 9.80 Å². The van der Waals surface area contributed by atoms with Crippen LogP contribution in [0.4, 0.5) is 0 Å². The van der Waals surface area contributed by atoms with E-state index < -0.39 is 11.2 Å². The minimum atomic E-state index is -0.781. The van der Waals surface area contributed by atoms with Crippen molar-refractivity contribution < 1.29 is 14.6 Å². The molecule has 0 unspecified atom stereocenters. The molecule has 1 atom stereocenters. The fourth-order valence-corrected chi connectivity index (χ4v) is 3.30. The number of ether oxygens (including phenoxy) is 1. The minimum absolute atomic E-state index is 0.00406. The van der Waals surface area contributed by atoms with Crippen LogP contribution >= 0.6 is 0 Å². The van der Waals surface area contributed by atoms with Gasteiger partial charge in [0.2, 0.25) is 0 Å². The molecular weight excluding hydrogens is 244 g/mol. The smallest absolute Gasteiger partial charge is 0.255 e. The number of β-amino-alcohol motifs (C(OH)–C–C–N with tert-alkyl or cyclic N) is 1. The van der Waals surface area contributed by atoms with E-state index in [9.17, 15) is 9.90 Å². The van der Waals surface area contributed by atoms with Crippen LogP contribution in [0.1, 0.15) is 32.6 Å². The number of rotatable bonds is 3. The largest absolute Gasteiger partial charge is 0.389 e. The Morgan fingerprint density at radius 3 is 2.58 bits per heavy atom. The number of morpholine rings is 1. The van der Waals surface area contributed by atoms with Crippen LogP contribution in [0.15, 0.2) is 0 Å². The predicted molar refractivity (Wildman–Crippen MR) is 72.9 cm³/mol. The Morgan fingerprint density at radius 1 is 1.37 bits per heavy atom. The lowest BCUT2D eigenvalue weighted by Crippen LogP contribution is -2.59. The highest BCUT2D eigenvalue weighted by molar-refractivity contribution is 5.84. The molecule has 0 aromatic heterocycles. The fraction of sp³-hybridized carbons (Fsp3) is 0.929. The van der Waals surface area contributed by atoms with Gasteiger partial charge in [0.15, 0.2) is 5.60 Å². The summed E-state index contributed by atoms with van der Waals surface area (Å²) in [5.41, 5.74) is -1.34. The molecule has 1 amide bonds. The summed E-state index contributed by atoms with van der Waals surface area (Å²) in [4.78, 5) is 15.9. The molecule has 2 fully saturated rings. The van der Waals surface area contributed by atoms with Crippen LogP contribution in [0.3, 0.4) is 0 Å². The van der Waals surface area contributed by atoms with Gasteiger partial charge in [-0.25, -0.2) is 0 Å². The van der Waals surface area contributed by atoms with Gasteiger partial charge in [0.05, 0.1) is 12.2 Å². The van der Waals surface area contributed by atoms with E-state index in [4.69, 9.17) is 4.74 Å². The summed E-state index contributed by atoms with van der Waals surface area (Å²) in [5.74, 6) is -0.00406. The van der Waals surface area contributed by atoms with Gasteiger partial charge >= 0.3 is 0 Å². The summed E-state index contributed by atoms with van der Waals surface area (Å²) in [7, 11) is 3.50. The summed E-state index contributed by atoms with van der Waals surface area (Å²) >= 11 is 0. The summed E-state index contributed by atoms with van der Waals surface area (Å²) in [6.45, 7) is 4.41. The average Bonchev–Trinajstić information content (AvgIpc) is 2.74.